The minimum atomic E-state index is -3.15. The van der Waals surface area contributed by atoms with Gasteiger partial charge in [-0.25, -0.2) is 17.8 Å². The van der Waals surface area contributed by atoms with Gasteiger partial charge >= 0.3 is 0 Å². The molecule has 1 atom stereocenters. The van der Waals surface area contributed by atoms with Crippen molar-refractivity contribution in [3.63, 3.8) is 0 Å². The third kappa shape index (κ3) is 5.66. The van der Waals surface area contributed by atoms with Gasteiger partial charge in [-0.05, 0) is 30.9 Å². The zero-order valence-corrected chi connectivity index (χ0v) is 19.7. The van der Waals surface area contributed by atoms with Crippen molar-refractivity contribution in [3.05, 3.63) is 76.4 Å². The normalized spacial score (nSPS) is 17.9. The number of sulfone groups is 1. The van der Waals surface area contributed by atoms with Crippen LogP contribution in [0, 0.1) is 5.82 Å². The van der Waals surface area contributed by atoms with Crippen LogP contribution in [0.2, 0.25) is 0 Å². The van der Waals surface area contributed by atoms with Gasteiger partial charge in [0.15, 0.2) is 9.84 Å². The zero-order chi connectivity index (χ0) is 23.5. The second-order valence-corrected chi connectivity index (χ2v) is 11.6. The Bertz CT molecular complexity index is 1210. The van der Waals surface area contributed by atoms with Crippen LogP contribution in [-0.4, -0.2) is 36.9 Å². The molecular formula is C24H26FN3O3S2. The summed E-state index contributed by atoms with van der Waals surface area (Å²) in [6, 6.07) is 15.5. The first kappa shape index (κ1) is 23.5. The molecule has 4 rings (SSSR count). The van der Waals surface area contributed by atoms with E-state index in [0.717, 1.165) is 11.3 Å². The molecule has 0 aliphatic carbocycles. The van der Waals surface area contributed by atoms with Gasteiger partial charge in [0.1, 0.15) is 10.8 Å². The van der Waals surface area contributed by atoms with Gasteiger partial charge in [-0.3, -0.25) is 4.79 Å². The van der Waals surface area contributed by atoms with Crippen molar-refractivity contribution in [3.8, 4) is 11.3 Å². The van der Waals surface area contributed by atoms with Crippen LogP contribution in [0.15, 0.2) is 60.0 Å². The number of nitrogens with two attached hydrogens (primary N) is 1. The Labute approximate surface area is 197 Å². The number of nitrogens with zero attached hydrogens (tertiary/aromatic N) is 1. The van der Waals surface area contributed by atoms with Gasteiger partial charge in [0, 0.05) is 23.4 Å². The van der Waals surface area contributed by atoms with Crippen molar-refractivity contribution in [1.82, 2.24) is 10.3 Å². The van der Waals surface area contributed by atoms with Crippen LogP contribution < -0.4 is 11.1 Å². The predicted molar refractivity (Wildman–Crippen MR) is 128 cm³/mol. The van der Waals surface area contributed by atoms with Crippen molar-refractivity contribution >= 4 is 27.1 Å². The molecule has 1 saturated heterocycles. The monoisotopic (exact) mass is 487 g/mol. The summed E-state index contributed by atoms with van der Waals surface area (Å²) >= 11 is 1.41. The fourth-order valence-corrected chi connectivity index (χ4v) is 6.66. The van der Waals surface area contributed by atoms with E-state index in [-0.39, 0.29) is 48.9 Å². The summed E-state index contributed by atoms with van der Waals surface area (Å²) < 4.78 is 38.2. The summed E-state index contributed by atoms with van der Waals surface area (Å²) in [5.41, 5.74) is 7.49. The van der Waals surface area contributed by atoms with Crippen LogP contribution in [0.25, 0.3) is 11.3 Å². The molecule has 3 N–H and O–H groups in total. The van der Waals surface area contributed by atoms with Crippen LogP contribution in [0.4, 0.5) is 4.39 Å². The van der Waals surface area contributed by atoms with Crippen LogP contribution in [0.1, 0.15) is 29.8 Å². The lowest BCUT2D eigenvalue weighted by atomic mass is 9.92. The molecule has 6 nitrogen and oxygen atoms in total. The molecule has 0 unspecified atom stereocenters. The molecular weight excluding hydrogens is 461 g/mol. The van der Waals surface area contributed by atoms with Crippen molar-refractivity contribution in [2.75, 3.05) is 11.5 Å². The van der Waals surface area contributed by atoms with Crippen molar-refractivity contribution in [2.45, 2.75) is 37.3 Å². The number of carbonyl (C=O) groups is 1. The Morgan fingerprint density at radius 2 is 1.79 bits per heavy atom. The average molecular weight is 488 g/mol. The van der Waals surface area contributed by atoms with E-state index in [1.165, 1.54) is 17.4 Å². The molecule has 33 heavy (non-hydrogen) atoms. The number of nitrogens with one attached hydrogen (secondary N) is 1. The molecule has 9 heteroatoms. The fourth-order valence-electron chi connectivity index (χ4n) is 4.09. The molecule has 1 fully saturated rings. The highest BCUT2D eigenvalue weighted by atomic mass is 32.2. The highest BCUT2D eigenvalue weighted by Crippen LogP contribution is 2.37. The summed E-state index contributed by atoms with van der Waals surface area (Å²) in [7, 11) is -3.15. The van der Waals surface area contributed by atoms with E-state index in [0.29, 0.717) is 10.6 Å². The molecule has 1 amide bonds. The van der Waals surface area contributed by atoms with E-state index in [4.69, 9.17) is 10.7 Å². The predicted octanol–water partition coefficient (Wildman–Crippen LogP) is 3.43. The van der Waals surface area contributed by atoms with Crippen molar-refractivity contribution in [1.29, 1.82) is 0 Å². The Morgan fingerprint density at radius 1 is 1.12 bits per heavy atom. The molecule has 2 aromatic carbocycles. The number of aromatic nitrogens is 1. The molecule has 0 spiro atoms. The first-order valence-electron chi connectivity index (χ1n) is 10.8. The molecule has 2 heterocycles. The lowest BCUT2D eigenvalue weighted by Crippen LogP contribution is -2.51. The number of hydrogen-bond acceptors (Lipinski definition) is 6. The molecule has 1 aliphatic rings. The first-order chi connectivity index (χ1) is 15.8. The number of carbonyl (C=O) groups excluding carboxylic acids is 1. The SMILES string of the molecule is N[C@@H](CC(=O)NC1(c2nc(-c3ccccc3)cs2)CCS(=O)(=O)CC1)Cc1ccccc1F. The number of halogens is 1. The van der Waals surface area contributed by atoms with Crippen LogP contribution in [-0.2, 0) is 26.6 Å². The smallest absolute Gasteiger partial charge is 0.222 e. The van der Waals surface area contributed by atoms with Crippen molar-refractivity contribution < 1.29 is 17.6 Å². The highest BCUT2D eigenvalue weighted by Gasteiger charge is 2.42. The average Bonchev–Trinajstić information content (AvgIpc) is 3.29. The second kappa shape index (κ2) is 9.70. The Balaban J connectivity index is 1.52. The van der Waals surface area contributed by atoms with Gasteiger partial charge < -0.3 is 11.1 Å². The number of rotatable bonds is 7. The van der Waals surface area contributed by atoms with Crippen molar-refractivity contribution in [2.24, 2.45) is 5.73 Å². The quantitative estimate of drug-likeness (QED) is 0.532. The third-order valence-electron chi connectivity index (χ3n) is 5.93. The van der Waals surface area contributed by atoms with Gasteiger partial charge in [0.25, 0.3) is 0 Å². The second-order valence-electron chi connectivity index (χ2n) is 8.45. The Kier molecular flexibility index (Phi) is 6.92. The lowest BCUT2D eigenvalue weighted by Gasteiger charge is -2.36. The molecule has 0 radical (unpaired) electrons. The maximum absolute atomic E-state index is 13.9. The minimum Gasteiger partial charge on any atom is -0.344 e. The van der Waals surface area contributed by atoms with E-state index >= 15 is 0 Å². The standard InChI is InChI=1S/C24H26FN3O3S2/c25-20-9-5-4-8-18(20)14-19(26)15-22(29)28-24(10-12-33(30,31)13-11-24)23-27-21(16-32-23)17-6-2-1-3-7-17/h1-9,16,19H,10-15,26H2,(H,28,29)/t19-/m1/s1. The molecule has 1 aliphatic heterocycles. The van der Waals surface area contributed by atoms with E-state index < -0.39 is 21.4 Å². The van der Waals surface area contributed by atoms with Crippen LogP contribution in [0.5, 0.6) is 0 Å². The minimum absolute atomic E-state index is 0.000246. The van der Waals surface area contributed by atoms with Crippen LogP contribution in [0.3, 0.4) is 0 Å². The van der Waals surface area contributed by atoms with Crippen LogP contribution >= 0.6 is 11.3 Å². The Hall–Kier alpha value is -2.62. The number of amides is 1. The number of benzene rings is 2. The summed E-state index contributed by atoms with van der Waals surface area (Å²) in [5, 5.41) is 5.66. The van der Waals surface area contributed by atoms with Gasteiger partial charge in [0.05, 0.1) is 22.7 Å². The van der Waals surface area contributed by atoms with E-state index in [1.807, 2.05) is 35.7 Å². The van der Waals surface area contributed by atoms with Gasteiger partial charge in [-0.1, -0.05) is 48.5 Å². The van der Waals surface area contributed by atoms with Gasteiger partial charge in [0.2, 0.25) is 5.91 Å². The third-order valence-corrected chi connectivity index (χ3v) is 8.63. The first-order valence-corrected chi connectivity index (χ1v) is 13.5. The lowest BCUT2D eigenvalue weighted by molar-refractivity contribution is -0.123. The maximum Gasteiger partial charge on any atom is 0.222 e. The largest absolute Gasteiger partial charge is 0.344 e. The number of thiazole rings is 1. The number of hydrogen-bond donors (Lipinski definition) is 2. The van der Waals surface area contributed by atoms with E-state index in [1.54, 1.807) is 18.2 Å². The Morgan fingerprint density at radius 3 is 2.48 bits per heavy atom. The molecule has 0 bridgehead atoms. The zero-order valence-electron chi connectivity index (χ0n) is 18.0. The molecule has 0 saturated carbocycles. The molecule has 1 aromatic heterocycles. The molecule has 3 aromatic rings. The van der Waals surface area contributed by atoms with E-state index in [9.17, 15) is 17.6 Å². The van der Waals surface area contributed by atoms with E-state index in [2.05, 4.69) is 5.32 Å². The van der Waals surface area contributed by atoms with Gasteiger partial charge in [-0.15, -0.1) is 11.3 Å². The molecule has 174 valence electrons. The highest BCUT2D eigenvalue weighted by molar-refractivity contribution is 7.91. The topological polar surface area (TPSA) is 102 Å². The van der Waals surface area contributed by atoms with Gasteiger partial charge in [-0.2, -0.15) is 0 Å². The summed E-state index contributed by atoms with van der Waals surface area (Å²) in [4.78, 5) is 17.7. The fraction of sp³-hybridized carbons (Fsp3) is 0.333. The maximum atomic E-state index is 13.9. The summed E-state index contributed by atoms with van der Waals surface area (Å²) in [6.07, 6.45) is 0.743. The summed E-state index contributed by atoms with van der Waals surface area (Å²) in [5.74, 6) is -0.683. The summed E-state index contributed by atoms with van der Waals surface area (Å²) in [6.45, 7) is 0.